The molecule has 0 aliphatic carbocycles. The van der Waals surface area contributed by atoms with Gasteiger partial charge < -0.3 is 5.32 Å². The first kappa shape index (κ1) is 16.7. The van der Waals surface area contributed by atoms with Gasteiger partial charge in [0.05, 0.1) is 0 Å². The zero-order valence-electron chi connectivity index (χ0n) is 10.1. The Morgan fingerprint density at radius 1 is 1.24 bits per heavy atom. The topological polar surface area (TPSA) is 65.8 Å². The molecular formula is C11H7F6N3O. The van der Waals surface area contributed by atoms with Crippen molar-refractivity contribution in [3.63, 3.8) is 0 Å². The van der Waals surface area contributed by atoms with E-state index in [2.05, 4.69) is 4.98 Å². The van der Waals surface area contributed by atoms with E-state index >= 15 is 0 Å². The maximum atomic E-state index is 12.4. The normalized spacial score (nSPS) is 11.9. The fourth-order valence-corrected chi connectivity index (χ4v) is 1.36. The van der Waals surface area contributed by atoms with Gasteiger partial charge in [0.1, 0.15) is 17.5 Å². The molecule has 0 aliphatic heterocycles. The molecule has 1 heterocycles. The summed E-state index contributed by atoms with van der Waals surface area (Å²) in [7, 11) is 0. The number of carbonyl (C=O) groups is 1. The van der Waals surface area contributed by atoms with Gasteiger partial charge in [-0.1, -0.05) is 6.07 Å². The number of alkyl halides is 6. The van der Waals surface area contributed by atoms with Gasteiger partial charge in [0.25, 0.3) is 0 Å². The standard InChI is InChI=1S/C11H7F6N3O/c12-10(13,14)8-2-1-6(7(5-18)20-8)3-4-19-9(21)11(15,16)17/h1-2H,3-4H2,(H,19,21). The molecule has 0 bridgehead atoms. The molecule has 114 valence electrons. The lowest BCUT2D eigenvalue weighted by Crippen LogP contribution is -2.37. The van der Waals surface area contributed by atoms with E-state index in [1.807, 2.05) is 0 Å². The van der Waals surface area contributed by atoms with Crippen LogP contribution >= 0.6 is 0 Å². The van der Waals surface area contributed by atoms with Gasteiger partial charge >= 0.3 is 18.3 Å². The predicted octanol–water partition coefficient (Wildman–Crippen LogP) is 2.19. The number of halogens is 6. The highest BCUT2D eigenvalue weighted by molar-refractivity contribution is 5.81. The summed E-state index contributed by atoms with van der Waals surface area (Å²) < 4.78 is 72.8. The van der Waals surface area contributed by atoms with Crippen molar-refractivity contribution in [1.82, 2.24) is 10.3 Å². The predicted molar refractivity (Wildman–Crippen MR) is 56.7 cm³/mol. The number of pyridine rings is 1. The molecule has 0 spiro atoms. The molecule has 0 aliphatic rings. The minimum Gasteiger partial charge on any atom is -0.348 e. The van der Waals surface area contributed by atoms with Crippen LogP contribution in [0.5, 0.6) is 0 Å². The average molecular weight is 311 g/mol. The van der Waals surface area contributed by atoms with E-state index in [4.69, 9.17) is 5.26 Å². The zero-order chi connectivity index (χ0) is 16.3. The summed E-state index contributed by atoms with van der Waals surface area (Å²) in [5, 5.41) is 10.2. The fraction of sp³-hybridized carbons (Fsp3) is 0.364. The lowest BCUT2D eigenvalue weighted by atomic mass is 10.1. The summed E-state index contributed by atoms with van der Waals surface area (Å²) in [4.78, 5) is 13.6. The number of nitriles is 1. The van der Waals surface area contributed by atoms with Crippen molar-refractivity contribution in [3.8, 4) is 6.07 Å². The molecule has 0 saturated carbocycles. The van der Waals surface area contributed by atoms with Crippen molar-refractivity contribution in [2.45, 2.75) is 18.8 Å². The van der Waals surface area contributed by atoms with Crippen LogP contribution in [0.25, 0.3) is 0 Å². The maximum Gasteiger partial charge on any atom is 0.471 e. The Bertz CT molecular complexity index is 573. The molecule has 0 aromatic carbocycles. The molecule has 0 radical (unpaired) electrons. The quantitative estimate of drug-likeness (QED) is 0.870. The Hall–Kier alpha value is -2.31. The first-order valence-electron chi connectivity index (χ1n) is 5.38. The van der Waals surface area contributed by atoms with Gasteiger partial charge in [-0.2, -0.15) is 31.6 Å². The van der Waals surface area contributed by atoms with Crippen molar-refractivity contribution < 1.29 is 31.1 Å². The second-order valence-electron chi connectivity index (χ2n) is 3.82. The number of amides is 1. The van der Waals surface area contributed by atoms with E-state index in [9.17, 15) is 31.1 Å². The van der Waals surface area contributed by atoms with E-state index < -0.39 is 36.2 Å². The van der Waals surface area contributed by atoms with Crippen LogP contribution in [0.15, 0.2) is 12.1 Å². The number of rotatable bonds is 3. The van der Waals surface area contributed by atoms with Crippen LogP contribution in [-0.4, -0.2) is 23.6 Å². The van der Waals surface area contributed by atoms with Crippen molar-refractivity contribution in [2.75, 3.05) is 6.54 Å². The lowest BCUT2D eigenvalue weighted by molar-refractivity contribution is -0.173. The van der Waals surface area contributed by atoms with Crippen molar-refractivity contribution >= 4 is 5.91 Å². The first-order chi connectivity index (χ1) is 9.55. The molecule has 1 aromatic heterocycles. The Morgan fingerprint density at radius 3 is 2.33 bits per heavy atom. The minimum absolute atomic E-state index is 0.00738. The van der Waals surface area contributed by atoms with Crippen molar-refractivity contribution in [1.29, 1.82) is 5.26 Å². The average Bonchev–Trinajstić information content (AvgIpc) is 2.36. The second kappa shape index (κ2) is 5.99. The molecule has 21 heavy (non-hydrogen) atoms. The SMILES string of the molecule is N#Cc1nc(C(F)(F)F)ccc1CCNC(=O)C(F)(F)F. The third kappa shape index (κ3) is 4.62. The Balaban J connectivity index is 2.77. The molecular weight excluding hydrogens is 304 g/mol. The summed E-state index contributed by atoms with van der Waals surface area (Å²) in [6.07, 6.45) is -10.0. The molecule has 1 N–H and O–H groups in total. The largest absolute Gasteiger partial charge is 0.471 e. The van der Waals surface area contributed by atoms with E-state index in [0.29, 0.717) is 6.07 Å². The minimum atomic E-state index is -5.05. The zero-order valence-corrected chi connectivity index (χ0v) is 10.1. The van der Waals surface area contributed by atoms with E-state index in [1.165, 1.54) is 6.07 Å². The van der Waals surface area contributed by atoms with Gasteiger partial charge in [0.2, 0.25) is 0 Å². The van der Waals surface area contributed by atoms with Crippen LogP contribution in [0.2, 0.25) is 0 Å². The molecule has 0 unspecified atom stereocenters. The van der Waals surface area contributed by atoms with Crippen molar-refractivity contribution in [3.05, 3.63) is 29.1 Å². The lowest BCUT2D eigenvalue weighted by Gasteiger charge is -2.10. The molecule has 0 fully saturated rings. The number of hydrogen-bond donors (Lipinski definition) is 1. The van der Waals surface area contributed by atoms with Gasteiger partial charge in [-0.05, 0) is 18.1 Å². The van der Waals surface area contributed by atoms with Crippen LogP contribution in [-0.2, 0) is 17.4 Å². The highest BCUT2D eigenvalue weighted by Gasteiger charge is 2.38. The number of nitrogens with one attached hydrogen (secondary N) is 1. The Morgan fingerprint density at radius 2 is 1.86 bits per heavy atom. The van der Waals surface area contributed by atoms with Crippen LogP contribution < -0.4 is 5.32 Å². The highest BCUT2D eigenvalue weighted by Crippen LogP contribution is 2.28. The van der Waals surface area contributed by atoms with Gasteiger partial charge in [0, 0.05) is 6.54 Å². The summed E-state index contributed by atoms with van der Waals surface area (Å²) in [6.45, 7) is -0.486. The summed E-state index contributed by atoms with van der Waals surface area (Å²) in [5.74, 6) is -2.17. The van der Waals surface area contributed by atoms with E-state index in [1.54, 1.807) is 5.32 Å². The number of nitrogens with zero attached hydrogens (tertiary/aromatic N) is 2. The third-order valence-corrected chi connectivity index (χ3v) is 2.31. The van der Waals surface area contributed by atoms with Crippen molar-refractivity contribution in [2.24, 2.45) is 0 Å². The Kier molecular flexibility index (Phi) is 4.77. The smallest absolute Gasteiger partial charge is 0.348 e. The fourth-order valence-electron chi connectivity index (χ4n) is 1.36. The van der Waals surface area contributed by atoms with Gasteiger partial charge in [-0.25, -0.2) is 4.98 Å². The summed E-state index contributed by atoms with van der Waals surface area (Å²) in [6, 6.07) is 2.98. The molecule has 0 saturated heterocycles. The summed E-state index contributed by atoms with van der Waals surface area (Å²) in [5.41, 5.74) is -1.82. The molecule has 4 nitrogen and oxygen atoms in total. The third-order valence-electron chi connectivity index (χ3n) is 2.31. The van der Waals surface area contributed by atoms with Crippen LogP contribution in [0.4, 0.5) is 26.3 Å². The second-order valence-corrected chi connectivity index (χ2v) is 3.82. The maximum absolute atomic E-state index is 12.4. The molecule has 1 amide bonds. The van der Waals surface area contributed by atoms with Gasteiger partial charge in [-0.3, -0.25) is 4.79 Å². The van der Waals surface area contributed by atoms with E-state index in [-0.39, 0.29) is 12.0 Å². The summed E-state index contributed by atoms with van der Waals surface area (Å²) >= 11 is 0. The monoisotopic (exact) mass is 311 g/mol. The number of hydrogen-bond acceptors (Lipinski definition) is 3. The van der Waals surface area contributed by atoms with Gasteiger partial charge in [-0.15, -0.1) is 0 Å². The van der Waals surface area contributed by atoms with Gasteiger partial charge in [0.15, 0.2) is 0 Å². The highest BCUT2D eigenvalue weighted by atomic mass is 19.4. The molecule has 10 heteroatoms. The number of carbonyl (C=O) groups excluding carboxylic acids is 1. The molecule has 1 rings (SSSR count). The molecule has 1 aromatic rings. The first-order valence-corrected chi connectivity index (χ1v) is 5.38. The Labute approximate surface area is 114 Å². The van der Waals surface area contributed by atoms with E-state index in [0.717, 1.165) is 6.07 Å². The van der Waals surface area contributed by atoms with Crippen LogP contribution in [0.1, 0.15) is 17.0 Å². The van der Waals surface area contributed by atoms with Crippen LogP contribution in [0, 0.1) is 11.3 Å². The number of aromatic nitrogens is 1. The van der Waals surface area contributed by atoms with Crippen LogP contribution in [0.3, 0.4) is 0 Å². The molecule has 0 atom stereocenters.